The number of hydrogen-bond acceptors (Lipinski definition) is 5. The van der Waals surface area contributed by atoms with E-state index in [1.54, 1.807) is 16.2 Å². The molecule has 3 heterocycles. The molecular formula is C18H20N4O2S. The van der Waals surface area contributed by atoms with Crippen LogP contribution >= 0.6 is 11.3 Å². The van der Waals surface area contributed by atoms with Crippen LogP contribution in [0.15, 0.2) is 24.3 Å². The van der Waals surface area contributed by atoms with E-state index in [1.807, 2.05) is 18.2 Å². The summed E-state index contributed by atoms with van der Waals surface area (Å²) in [4.78, 5) is 35.1. The summed E-state index contributed by atoms with van der Waals surface area (Å²) in [7, 11) is 0. The van der Waals surface area contributed by atoms with Crippen LogP contribution in [0.5, 0.6) is 0 Å². The Hall–Kier alpha value is -2.15. The predicted molar refractivity (Wildman–Crippen MR) is 96.8 cm³/mol. The maximum atomic E-state index is 12.6. The molecule has 2 saturated heterocycles. The minimum Gasteiger partial charge on any atom is -0.348 e. The van der Waals surface area contributed by atoms with Crippen molar-refractivity contribution in [3.63, 3.8) is 0 Å². The van der Waals surface area contributed by atoms with Crippen LogP contribution in [0.4, 0.5) is 9.93 Å². The van der Waals surface area contributed by atoms with Crippen molar-refractivity contribution in [2.24, 2.45) is 0 Å². The zero-order chi connectivity index (χ0) is 17.0. The highest BCUT2D eigenvalue weighted by Crippen LogP contribution is 2.34. The third kappa shape index (κ3) is 2.57. The quantitative estimate of drug-likeness (QED) is 0.794. The Morgan fingerprint density at radius 1 is 1.00 bits per heavy atom. The number of urea groups is 1. The van der Waals surface area contributed by atoms with Crippen molar-refractivity contribution in [3.8, 4) is 0 Å². The van der Waals surface area contributed by atoms with E-state index < -0.39 is 0 Å². The maximum absolute atomic E-state index is 12.6. The lowest BCUT2D eigenvalue weighted by molar-refractivity contribution is -0.125. The molecule has 3 fully saturated rings. The molecule has 1 saturated carbocycles. The normalized spacial score (nSPS) is 22.5. The highest BCUT2D eigenvalue weighted by molar-refractivity contribution is 7.22. The minimum atomic E-state index is -0.0639. The van der Waals surface area contributed by atoms with Gasteiger partial charge in [-0.2, -0.15) is 0 Å². The zero-order valence-electron chi connectivity index (χ0n) is 13.9. The molecule has 7 heteroatoms. The molecule has 5 rings (SSSR count). The van der Waals surface area contributed by atoms with Gasteiger partial charge in [0, 0.05) is 25.2 Å². The smallest absolute Gasteiger partial charge is 0.327 e. The number of nitrogens with zero attached hydrogens (tertiary/aromatic N) is 4. The van der Waals surface area contributed by atoms with Crippen LogP contribution in [0, 0.1) is 0 Å². The highest BCUT2D eigenvalue weighted by atomic mass is 32.1. The number of benzene rings is 1. The largest absolute Gasteiger partial charge is 0.348 e. The molecule has 1 aromatic heterocycles. The molecule has 6 nitrogen and oxygen atoms in total. The van der Waals surface area contributed by atoms with Gasteiger partial charge in [0.25, 0.3) is 5.91 Å². The fourth-order valence-corrected chi connectivity index (χ4v) is 4.89. The van der Waals surface area contributed by atoms with Gasteiger partial charge in [0.05, 0.1) is 10.2 Å². The van der Waals surface area contributed by atoms with E-state index in [-0.39, 0.29) is 30.6 Å². The van der Waals surface area contributed by atoms with Gasteiger partial charge in [-0.1, -0.05) is 23.5 Å². The Balaban J connectivity index is 1.27. The van der Waals surface area contributed by atoms with Crippen molar-refractivity contribution in [3.05, 3.63) is 24.3 Å². The van der Waals surface area contributed by atoms with Crippen LogP contribution in [0.3, 0.4) is 0 Å². The van der Waals surface area contributed by atoms with Gasteiger partial charge in [0.2, 0.25) is 0 Å². The summed E-state index contributed by atoms with van der Waals surface area (Å²) < 4.78 is 1.21. The number of rotatable bonds is 3. The summed E-state index contributed by atoms with van der Waals surface area (Å²) in [5.74, 6) is -0.0129. The molecular weight excluding hydrogens is 336 g/mol. The number of para-hydroxylation sites is 1. The summed E-state index contributed by atoms with van der Waals surface area (Å²) in [5.41, 5.74) is 1.05. The lowest BCUT2D eigenvalue weighted by atomic mass is 10.0. The molecule has 0 N–H and O–H groups in total. The lowest BCUT2D eigenvalue weighted by Gasteiger charge is -2.36. The molecule has 2 aromatic rings. The summed E-state index contributed by atoms with van der Waals surface area (Å²) in [6.45, 7) is 2.03. The van der Waals surface area contributed by atoms with Gasteiger partial charge in [-0.25, -0.2) is 9.78 Å². The van der Waals surface area contributed by atoms with E-state index in [0.29, 0.717) is 0 Å². The molecule has 0 unspecified atom stereocenters. The Morgan fingerprint density at radius 2 is 1.76 bits per heavy atom. The van der Waals surface area contributed by atoms with Crippen LogP contribution in [-0.4, -0.2) is 58.4 Å². The number of aromatic nitrogens is 1. The first kappa shape index (κ1) is 15.1. The Labute approximate surface area is 150 Å². The molecule has 0 radical (unpaired) electrons. The van der Waals surface area contributed by atoms with Gasteiger partial charge in [-0.3, -0.25) is 9.69 Å². The molecule has 1 aromatic carbocycles. The number of anilines is 1. The number of hydrogen-bond donors (Lipinski definition) is 0. The summed E-state index contributed by atoms with van der Waals surface area (Å²) >= 11 is 1.72. The van der Waals surface area contributed by atoms with Gasteiger partial charge < -0.3 is 9.80 Å². The van der Waals surface area contributed by atoms with Crippen molar-refractivity contribution in [2.75, 3.05) is 24.5 Å². The third-order valence-corrected chi connectivity index (χ3v) is 6.49. The first-order chi connectivity index (χ1) is 12.2. The molecule has 25 heavy (non-hydrogen) atoms. The molecule has 0 spiro atoms. The highest BCUT2D eigenvalue weighted by Gasteiger charge is 2.47. The fraction of sp³-hybridized carbons (Fsp3) is 0.500. The molecule has 0 atom stereocenters. The van der Waals surface area contributed by atoms with Gasteiger partial charge in [0.1, 0.15) is 6.54 Å². The monoisotopic (exact) mass is 356 g/mol. The summed E-state index contributed by atoms with van der Waals surface area (Å²) in [6.07, 6.45) is 3.74. The average Bonchev–Trinajstić information content (AvgIpc) is 3.28. The molecule has 1 aliphatic carbocycles. The van der Waals surface area contributed by atoms with Crippen LogP contribution in [0.25, 0.3) is 10.2 Å². The number of carbonyl (C=O) groups excluding carboxylic acids is 2. The number of fused-ring (bicyclic) bond motifs is 1. The fourth-order valence-electron chi connectivity index (χ4n) is 3.88. The standard InChI is InChI=1S/C18H20N4O2S/c23-16-11-21(18(24)22(16)13-5-6-13)12-7-9-20(10-8-12)17-19-14-3-1-2-4-15(14)25-17/h1-4,12-13H,5-11H2. The first-order valence-electron chi connectivity index (χ1n) is 8.94. The van der Waals surface area contributed by atoms with Crippen LogP contribution in [-0.2, 0) is 4.79 Å². The average molecular weight is 356 g/mol. The number of piperidine rings is 1. The molecule has 3 amide bonds. The van der Waals surface area contributed by atoms with Crippen LogP contribution < -0.4 is 4.90 Å². The van der Waals surface area contributed by atoms with Gasteiger partial charge >= 0.3 is 6.03 Å². The predicted octanol–water partition coefficient (Wildman–Crippen LogP) is 2.69. The van der Waals surface area contributed by atoms with E-state index in [0.717, 1.165) is 49.4 Å². The lowest BCUT2D eigenvalue weighted by Crippen LogP contribution is -2.46. The third-order valence-electron chi connectivity index (χ3n) is 5.40. The van der Waals surface area contributed by atoms with Crippen molar-refractivity contribution in [1.29, 1.82) is 0 Å². The Morgan fingerprint density at radius 3 is 2.48 bits per heavy atom. The van der Waals surface area contributed by atoms with Gasteiger partial charge in [0.15, 0.2) is 5.13 Å². The topological polar surface area (TPSA) is 56.8 Å². The Bertz CT molecular complexity index is 805. The molecule has 0 bridgehead atoms. The van der Waals surface area contributed by atoms with E-state index in [1.165, 1.54) is 9.60 Å². The van der Waals surface area contributed by atoms with E-state index >= 15 is 0 Å². The number of thiazole rings is 1. The minimum absolute atomic E-state index is 0.0129. The SMILES string of the molecule is O=C1CN(C2CCN(c3nc4ccccc4s3)CC2)C(=O)N1C1CC1. The first-order valence-corrected chi connectivity index (χ1v) is 9.75. The molecule has 2 aliphatic heterocycles. The molecule has 130 valence electrons. The van der Waals surface area contributed by atoms with Crippen LogP contribution in [0.2, 0.25) is 0 Å². The van der Waals surface area contributed by atoms with E-state index in [9.17, 15) is 9.59 Å². The second kappa shape index (κ2) is 5.69. The number of carbonyl (C=O) groups is 2. The van der Waals surface area contributed by atoms with Crippen molar-refractivity contribution in [1.82, 2.24) is 14.8 Å². The second-order valence-corrected chi connectivity index (χ2v) is 8.10. The van der Waals surface area contributed by atoms with Gasteiger partial charge in [-0.15, -0.1) is 0 Å². The number of imide groups is 1. The second-order valence-electron chi connectivity index (χ2n) is 7.09. The number of amides is 3. The van der Waals surface area contributed by atoms with Crippen molar-refractivity contribution >= 4 is 38.6 Å². The zero-order valence-corrected chi connectivity index (χ0v) is 14.7. The van der Waals surface area contributed by atoms with Crippen LogP contribution in [0.1, 0.15) is 25.7 Å². The van der Waals surface area contributed by atoms with E-state index in [2.05, 4.69) is 11.0 Å². The Kier molecular flexibility index (Phi) is 3.45. The van der Waals surface area contributed by atoms with Crippen molar-refractivity contribution in [2.45, 2.75) is 37.8 Å². The van der Waals surface area contributed by atoms with Crippen molar-refractivity contribution < 1.29 is 9.59 Å². The van der Waals surface area contributed by atoms with Gasteiger partial charge in [-0.05, 0) is 37.8 Å². The maximum Gasteiger partial charge on any atom is 0.327 e. The summed E-state index contributed by atoms with van der Waals surface area (Å²) in [6, 6.07) is 8.48. The van der Waals surface area contributed by atoms with E-state index in [4.69, 9.17) is 4.98 Å². The summed E-state index contributed by atoms with van der Waals surface area (Å²) in [5, 5.41) is 1.06. The molecule has 3 aliphatic rings.